The number of aromatic nitrogens is 1. The van der Waals surface area contributed by atoms with E-state index in [1.54, 1.807) is 0 Å². The lowest BCUT2D eigenvalue weighted by molar-refractivity contribution is 0.0909. The van der Waals surface area contributed by atoms with Crippen LogP contribution in [0.15, 0.2) is 12.3 Å². The molecule has 1 aromatic heterocycles. The summed E-state index contributed by atoms with van der Waals surface area (Å²) in [6.45, 7) is 6.68. The topological polar surface area (TPSA) is 22.0 Å². The van der Waals surface area contributed by atoms with Crippen LogP contribution in [0.25, 0.3) is 0 Å². The largest absolute Gasteiger partial charge is 0.348 e. The number of Topliss-reactive ketones (excluding diaryl/α,β-unsaturated/α-hetero) is 1. The first-order valence-corrected chi connectivity index (χ1v) is 8.89. The van der Waals surface area contributed by atoms with Gasteiger partial charge in [-0.2, -0.15) is 11.8 Å². The van der Waals surface area contributed by atoms with E-state index in [1.807, 2.05) is 0 Å². The molecule has 20 heavy (non-hydrogen) atoms. The van der Waals surface area contributed by atoms with Crippen LogP contribution in [0.1, 0.15) is 68.5 Å². The monoisotopic (exact) mass is 291 g/mol. The fraction of sp³-hybridized carbons (Fsp3) is 0.706. The number of rotatable bonds is 3. The van der Waals surface area contributed by atoms with Crippen molar-refractivity contribution >= 4 is 17.5 Å². The number of nitrogens with zero attached hydrogens (tertiary/aromatic N) is 1. The molecule has 2 aliphatic carbocycles. The Morgan fingerprint density at radius 1 is 1.35 bits per heavy atom. The summed E-state index contributed by atoms with van der Waals surface area (Å²) in [4.78, 5) is 12.3. The van der Waals surface area contributed by atoms with Crippen molar-refractivity contribution < 1.29 is 4.79 Å². The van der Waals surface area contributed by atoms with Gasteiger partial charge in [-0.1, -0.05) is 20.8 Å². The highest BCUT2D eigenvalue weighted by Gasteiger charge is 2.35. The van der Waals surface area contributed by atoms with E-state index < -0.39 is 0 Å². The molecule has 1 heterocycles. The van der Waals surface area contributed by atoms with Crippen molar-refractivity contribution in [3.8, 4) is 0 Å². The molecule has 3 heteroatoms. The minimum absolute atomic E-state index is 0.121. The molecule has 0 spiro atoms. The van der Waals surface area contributed by atoms with E-state index in [1.165, 1.54) is 30.7 Å². The van der Waals surface area contributed by atoms with Crippen LogP contribution in [0.3, 0.4) is 0 Å². The maximum absolute atomic E-state index is 12.3. The Balaban J connectivity index is 1.85. The molecule has 2 nitrogen and oxygen atoms in total. The third-order valence-electron chi connectivity index (χ3n) is 4.76. The van der Waals surface area contributed by atoms with Gasteiger partial charge in [-0.25, -0.2) is 0 Å². The van der Waals surface area contributed by atoms with Crippen molar-refractivity contribution in [3.63, 3.8) is 0 Å². The molecule has 2 unspecified atom stereocenters. The first-order chi connectivity index (χ1) is 9.50. The van der Waals surface area contributed by atoms with Crippen molar-refractivity contribution in [2.24, 2.45) is 5.41 Å². The second-order valence-corrected chi connectivity index (χ2v) is 8.65. The molecule has 0 aliphatic heterocycles. The fourth-order valence-electron chi connectivity index (χ4n) is 3.87. The predicted molar refractivity (Wildman–Crippen MR) is 85.7 cm³/mol. The minimum Gasteiger partial charge on any atom is -0.348 e. The van der Waals surface area contributed by atoms with Crippen molar-refractivity contribution in [2.45, 2.75) is 64.2 Å². The number of ketones is 1. The summed E-state index contributed by atoms with van der Waals surface area (Å²) in [5.74, 6) is 1.56. The van der Waals surface area contributed by atoms with Crippen LogP contribution in [0.4, 0.5) is 0 Å². The third kappa shape index (κ3) is 2.57. The number of carbonyl (C=O) groups is 1. The van der Waals surface area contributed by atoms with Gasteiger partial charge in [0.1, 0.15) is 0 Å². The molecule has 0 bridgehead atoms. The maximum atomic E-state index is 12.3. The van der Waals surface area contributed by atoms with Gasteiger partial charge in [-0.15, -0.1) is 0 Å². The fourth-order valence-corrected chi connectivity index (χ4v) is 5.00. The normalized spacial score (nSPS) is 28.6. The Kier molecular flexibility index (Phi) is 3.74. The molecule has 0 N–H and O–H groups in total. The zero-order valence-corrected chi connectivity index (χ0v) is 13.6. The molecule has 2 aliphatic rings. The van der Waals surface area contributed by atoms with Gasteiger partial charge in [0.25, 0.3) is 0 Å². The van der Waals surface area contributed by atoms with Crippen LogP contribution in [0.5, 0.6) is 0 Å². The van der Waals surface area contributed by atoms with Crippen LogP contribution in [-0.2, 0) is 6.42 Å². The van der Waals surface area contributed by atoms with E-state index in [4.69, 9.17) is 0 Å². The summed E-state index contributed by atoms with van der Waals surface area (Å²) in [5, 5.41) is 0.815. The van der Waals surface area contributed by atoms with E-state index >= 15 is 0 Å². The van der Waals surface area contributed by atoms with Crippen LogP contribution in [-0.4, -0.2) is 21.4 Å². The lowest BCUT2D eigenvalue weighted by atomic mass is 9.76. The first kappa shape index (κ1) is 14.2. The maximum Gasteiger partial charge on any atom is 0.165 e. The van der Waals surface area contributed by atoms with Gasteiger partial charge < -0.3 is 4.57 Å². The zero-order valence-electron chi connectivity index (χ0n) is 12.8. The van der Waals surface area contributed by atoms with Gasteiger partial charge in [0.05, 0.1) is 0 Å². The van der Waals surface area contributed by atoms with E-state index in [0.29, 0.717) is 18.2 Å². The second-order valence-electron chi connectivity index (χ2n) is 7.07. The van der Waals surface area contributed by atoms with Crippen molar-refractivity contribution in [1.29, 1.82) is 0 Å². The van der Waals surface area contributed by atoms with Crippen LogP contribution < -0.4 is 0 Å². The Labute approximate surface area is 126 Å². The summed E-state index contributed by atoms with van der Waals surface area (Å²) in [6, 6.07) is 2.68. The molecule has 110 valence electrons. The van der Waals surface area contributed by atoms with Gasteiger partial charge >= 0.3 is 0 Å². The number of hydrogen-bond donors (Lipinski definition) is 0. The molecule has 1 fully saturated rings. The smallest absolute Gasteiger partial charge is 0.165 e. The first-order valence-electron chi connectivity index (χ1n) is 7.84. The third-order valence-corrected chi connectivity index (χ3v) is 6.00. The van der Waals surface area contributed by atoms with Gasteiger partial charge in [-0.05, 0) is 42.9 Å². The van der Waals surface area contributed by atoms with Crippen LogP contribution in [0.2, 0.25) is 0 Å². The van der Waals surface area contributed by atoms with E-state index in [0.717, 1.165) is 17.2 Å². The Bertz CT molecular complexity index is 517. The number of fused-ring (bicyclic) bond motifs is 1. The van der Waals surface area contributed by atoms with E-state index in [9.17, 15) is 4.79 Å². The van der Waals surface area contributed by atoms with Crippen molar-refractivity contribution in [1.82, 2.24) is 4.57 Å². The number of hydrogen-bond acceptors (Lipinski definition) is 2. The van der Waals surface area contributed by atoms with E-state index in [2.05, 4.69) is 49.4 Å². The van der Waals surface area contributed by atoms with Crippen LogP contribution in [0, 0.1) is 5.41 Å². The lowest BCUT2D eigenvalue weighted by Gasteiger charge is -2.31. The Morgan fingerprint density at radius 3 is 2.90 bits per heavy atom. The van der Waals surface area contributed by atoms with Crippen molar-refractivity contribution in [2.75, 3.05) is 5.75 Å². The van der Waals surface area contributed by atoms with E-state index in [-0.39, 0.29) is 5.41 Å². The quantitative estimate of drug-likeness (QED) is 0.818. The second kappa shape index (κ2) is 5.25. The van der Waals surface area contributed by atoms with Crippen LogP contribution >= 0.6 is 11.8 Å². The van der Waals surface area contributed by atoms with Crippen molar-refractivity contribution in [3.05, 3.63) is 23.5 Å². The van der Waals surface area contributed by atoms with Gasteiger partial charge in [0.15, 0.2) is 5.78 Å². The predicted octanol–water partition coefficient (Wildman–Crippen LogP) is 4.49. The lowest BCUT2D eigenvalue weighted by Crippen LogP contribution is -2.28. The average Bonchev–Trinajstić information content (AvgIpc) is 2.94. The molecular formula is C17H25NOS. The number of carbonyl (C=O) groups excluding carboxylic acids is 1. The Hall–Kier alpha value is -0.700. The summed E-state index contributed by atoms with van der Waals surface area (Å²) in [6.07, 6.45) is 7.79. The molecule has 0 amide bonds. The van der Waals surface area contributed by atoms with Gasteiger partial charge in [0.2, 0.25) is 0 Å². The molecular weight excluding hydrogens is 266 g/mol. The van der Waals surface area contributed by atoms with Gasteiger partial charge in [-0.3, -0.25) is 4.79 Å². The Morgan fingerprint density at radius 2 is 2.15 bits per heavy atom. The minimum atomic E-state index is 0.121. The summed E-state index contributed by atoms with van der Waals surface area (Å²) in [7, 11) is 0. The molecule has 3 rings (SSSR count). The number of thioether (sulfide) groups is 1. The highest BCUT2D eigenvalue weighted by Crippen LogP contribution is 2.41. The molecule has 1 aromatic rings. The standard InChI is InChI=1S/C17H25NOS/c1-4-20-13-6-5-12(9-13)18-8-7-14-15(18)10-17(2,3)11-16(14)19/h7-8,12-13H,4-6,9-11H2,1-3H3. The molecule has 0 aromatic carbocycles. The van der Waals surface area contributed by atoms with Gasteiger partial charge in [0, 0.05) is 35.2 Å². The molecule has 2 atom stereocenters. The summed E-state index contributed by atoms with van der Waals surface area (Å²) < 4.78 is 2.43. The highest BCUT2D eigenvalue weighted by molar-refractivity contribution is 7.99. The summed E-state index contributed by atoms with van der Waals surface area (Å²) in [5.41, 5.74) is 2.42. The molecule has 1 saturated carbocycles. The highest BCUT2D eigenvalue weighted by atomic mass is 32.2. The molecule has 0 saturated heterocycles. The average molecular weight is 291 g/mol. The summed E-state index contributed by atoms with van der Waals surface area (Å²) >= 11 is 2.10. The molecule has 0 radical (unpaired) electrons. The SMILES string of the molecule is CCSC1CCC(n2ccc3c2CC(C)(C)CC3=O)C1. The zero-order chi connectivity index (χ0) is 14.3.